The lowest BCUT2D eigenvalue weighted by atomic mass is 9.97. The predicted molar refractivity (Wildman–Crippen MR) is 105 cm³/mol. The summed E-state index contributed by atoms with van der Waals surface area (Å²) in [6.07, 6.45) is 5.88. The molecule has 2 heterocycles. The number of amides is 2. The Labute approximate surface area is 165 Å². The molecule has 3 N–H and O–H groups in total. The summed E-state index contributed by atoms with van der Waals surface area (Å²) in [4.78, 5) is 19.0. The average Bonchev–Trinajstić information content (AvgIpc) is 3.33. The number of rotatable bonds is 3. The first-order valence-electron chi connectivity index (χ1n) is 9.38. The number of hydrogen-bond acceptors (Lipinski definition) is 5. The minimum atomic E-state index is -0.444. The van der Waals surface area contributed by atoms with Crippen LogP contribution in [0.5, 0.6) is 0 Å². The molecule has 2 aliphatic rings. The Morgan fingerprint density at radius 2 is 1.96 bits per heavy atom. The summed E-state index contributed by atoms with van der Waals surface area (Å²) in [5.41, 5.74) is 6.78. The van der Waals surface area contributed by atoms with Gasteiger partial charge in [0, 0.05) is 18.8 Å². The third kappa shape index (κ3) is 4.25. The highest BCUT2D eigenvalue weighted by molar-refractivity contribution is 5.89. The number of nitrogens with zero attached hydrogens (tertiary/aromatic N) is 3. The van der Waals surface area contributed by atoms with Crippen LogP contribution in [0.2, 0.25) is 0 Å². The quantitative estimate of drug-likeness (QED) is 0.832. The van der Waals surface area contributed by atoms with Gasteiger partial charge in [-0.05, 0) is 37.8 Å². The molecule has 1 atom stereocenters. The normalized spacial score (nSPS) is 21.5. The number of hydrogen-bond donors (Lipinski definition) is 2. The van der Waals surface area contributed by atoms with Gasteiger partial charge in [-0.2, -0.15) is 4.98 Å². The number of piperidine rings is 1. The molecule has 1 saturated carbocycles. The molecule has 1 saturated heterocycles. The van der Waals surface area contributed by atoms with Crippen LogP contribution in [0.3, 0.4) is 0 Å². The van der Waals surface area contributed by atoms with E-state index in [-0.39, 0.29) is 24.4 Å². The molecule has 7 nitrogen and oxygen atoms in total. The Hall–Kier alpha value is -2.12. The van der Waals surface area contributed by atoms with E-state index >= 15 is 0 Å². The molecule has 2 aromatic rings. The second-order valence-corrected chi connectivity index (χ2v) is 7.40. The summed E-state index contributed by atoms with van der Waals surface area (Å²) in [6, 6.07) is 9.40. The summed E-state index contributed by atoms with van der Waals surface area (Å²) < 4.78 is 5.53. The largest absolute Gasteiger partial charge is 0.339 e. The van der Waals surface area contributed by atoms with Gasteiger partial charge < -0.3 is 20.5 Å². The SMILES string of the molecule is Cl.NC1(c2noc(C3CCCN(C(=O)Nc4ccccc4)C3)n2)CCCC1. The smallest absolute Gasteiger partial charge is 0.321 e. The zero-order valence-corrected chi connectivity index (χ0v) is 16.1. The van der Waals surface area contributed by atoms with Crippen molar-refractivity contribution in [3.05, 3.63) is 42.0 Å². The maximum absolute atomic E-state index is 12.5. The fraction of sp³-hybridized carbons (Fsp3) is 0.526. The van der Waals surface area contributed by atoms with Crippen LogP contribution >= 0.6 is 12.4 Å². The highest BCUT2D eigenvalue weighted by Crippen LogP contribution is 2.36. The summed E-state index contributed by atoms with van der Waals surface area (Å²) in [6.45, 7) is 1.31. The van der Waals surface area contributed by atoms with Crippen LogP contribution in [0.15, 0.2) is 34.9 Å². The van der Waals surface area contributed by atoms with E-state index in [1.807, 2.05) is 35.2 Å². The zero-order valence-electron chi connectivity index (χ0n) is 15.3. The molecule has 1 aliphatic carbocycles. The Morgan fingerprint density at radius 3 is 2.70 bits per heavy atom. The monoisotopic (exact) mass is 391 g/mol. The van der Waals surface area contributed by atoms with Crippen LogP contribution in [-0.2, 0) is 5.54 Å². The summed E-state index contributed by atoms with van der Waals surface area (Å²) in [7, 11) is 0. The minimum Gasteiger partial charge on any atom is -0.339 e. The molecule has 27 heavy (non-hydrogen) atoms. The first-order chi connectivity index (χ1) is 12.6. The highest BCUT2D eigenvalue weighted by atomic mass is 35.5. The molecule has 8 heteroatoms. The van der Waals surface area contributed by atoms with Crippen LogP contribution in [0.1, 0.15) is 56.2 Å². The van der Waals surface area contributed by atoms with Crippen molar-refractivity contribution < 1.29 is 9.32 Å². The Balaban J connectivity index is 0.00000210. The van der Waals surface area contributed by atoms with Crippen LogP contribution in [0, 0.1) is 0 Å². The van der Waals surface area contributed by atoms with Gasteiger partial charge in [-0.25, -0.2) is 4.79 Å². The molecule has 1 aliphatic heterocycles. The third-order valence-corrected chi connectivity index (χ3v) is 5.47. The first kappa shape index (κ1) is 19.6. The molecule has 146 valence electrons. The number of nitrogens with one attached hydrogen (secondary N) is 1. The zero-order chi connectivity index (χ0) is 18.0. The van der Waals surface area contributed by atoms with Gasteiger partial charge in [0.2, 0.25) is 5.89 Å². The number of carbonyl (C=O) groups excluding carboxylic acids is 1. The standard InChI is InChI=1S/C19H25N5O2.ClH/c20-19(10-4-5-11-19)17-22-16(26-23-17)14-7-6-12-24(13-14)18(25)21-15-8-2-1-3-9-15;/h1-3,8-9,14H,4-7,10-13,20H2,(H,21,25);1H. The van der Waals surface area contributed by atoms with E-state index in [9.17, 15) is 4.79 Å². The molecule has 1 aromatic carbocycles. The number of benzene rings is 1. The van der Waals surface area contributed by atoms with Crippen molar-refractivity contribution in [3.63, 3.8) is 0 Å². The van der Waals surface area contributed by atoms with E-state index in [0.29, 0.717) is 18.3 Å². The van der Waals surface area contributed by atoms with Crippen molar-refractivity contribution in [1.82, 2.24) is 15.0 Å². The van der Waals surface area contributed by atoms with Crippen molar-refractivity contribution in [2.24, 2.45) is 5.73 Å². The second kappa shape index (κ2) is 8.27. The van der Waals surface area contributed by atoms with Gasteiger partial charge >= 0.3 is 6.03 Å². The maximum Gasteiger partial charge on any atom is 0.321 e. The van der Waals surface area contributed by atoms with Crippen molar-refractivity contribution in [3.8, 4) is 0 Å². The molecule has 1 unspecified atom stereocenters. The number of aromatic nitrogens is 2. The van der Waals surface area contributed by atoms with Crippen LogP contribution in [0.25, 0.3) is 0 Å². The van der Waals surface area contributed by atoms with Gasteiger partial charge in [-0.15, -0.1) is 12.4 Å². The van der Waals surface area contributed by atoms with Gasteiger partial charge in [-0.1, -0.05) is 36.2 Å². The van der Waals surface area contributed by atoms with Gasteiger partial charge in [0.25, 0.3) is 0 Å². The highest BCUT2D eigenvalue weighted by Gasteiger charge is 2.37. The fourth-order valence-corrected chi connectivity index (χ4v) is 3.92. The van der Waals surface area contributed by atoms with Gasteiger partial charge in [0.05, 0.1) is 11.5 Å². The molecule has 4 rings (SSSR count). The summed E-state index contributed by atoms with van der Waals surface area (Å²) >= 11 is 0. The topological polar surface area (TPSA) is 97.3 Å². The van der Waals surface area contributed by atoms with Crippen molar-refractivity contribution in [2.75, 3.05) is 18.4 Å². The molecule has 0 spiro atoms. The van der Waals surface area contributed by atoms with Crippen LogP contribution in [0.4, 0.5) is 10.5 Å². The summed E-state index contributed by atoms with van der Waals surface area (Å²) in [5.74, 6) is 1.29. The number of likely N-dealkylation sites (tertiary alicyclic amines) is 1. The van der Waals surface area contributed by atoms with Crippen molar-refractivity contribution in [1.29, 1.82) is 0 Å². The predicted octanol–water partition coefficient (Wildman–Crippen LogP) is 3.63. The van der Waals surface area contributed by atoms with Gasteiger partial charge in [-0.3, -0.25) is 0 Å². The van der Waals surface area contributed by atoms with Crippen LogP contribution < -0.4 is 11.1 Å². The van der Waals surface area contributed by atoms with Crippen LogP contribution in [-0.4, -0.2) is 34.2 Å². The minimum absolute atomic E-state index is 0. The number of nitrogens with two attached hydrogens (primary N) is 1. The molecule has 2 amide bonds. The number of carbonyl (C=O) groups is 1. The Morgan fingerprint density at radius 1 is 1.22 bits per heavy atom. The molecule has 1 aromatic heterocycles. The van der Waals surface area contributed by atoms with E-state index in [1.165, 1.54) is 0 Å². The lowest BCUT2D eigenvalue weighted by molar-refractivity contribution is 0.184. The van der Waals surface area contributed by atoms with E-state index < -0.39 is 5.54 Å². The molecule has 0 bridgehead atoms. The number of urea groups is 1. The van der Waals surface area contributed by atoms with E-state index in [0.717, 1.165) is 50.8 Å². The molecule has 2 fully saturated rings. The number of anilines is 1. The first-order valence-corrected chi connectivity index (χ1v) is 9.38. The summed E-state index contributed by atoms with van der Waals surface area (Å²) in [5, 5.41) is 7.09. The van der Waals surface area contributed by atoms with Crippen molar-refractivity contribution >= 4 is 24.1 Å². The number of para-hydroxylation sites is 1. The van der Waals surface area contributed by atoms with Gasteiger partial charge in [0.15, 0.2) is 5.82 Å². The molecule has 0 radical (unpaired) electrons. The lowest BCUT2D eigenvalue weighted by Crippen LogP contribution is -2.41. The van der Waals surface area contributed by atoms with E-state index in [2.05, 4.69) is 15.5 Å². The molecular weight excluding hydrogens is 366 g/mol. The lowest BCUT2D eigenvalue weighted by Gasteiger charge is -2.31. The van der Waals surface area contributed by atoms with E-state index in [4.69, 9.17) is 10.3 Å². The third-order valence-electron chi connectivity index (χ3n) is 5.47. The Bertz CT molecular complexity index is 760. The molecular formula is C19H26ClN5O2. The number of halogens is 1. The van der Waals surface area contributed by atoms with E-state index in [1.54, 1.807) is 0 Å². The van der Waals surface area contributed by atoms with Gasteiger partial charge in [0.1, 0.15) is 0 Å². The maximum atomic E-state index is 12.5. The fourth-order valence-electron chi connectivity index (χ4n) is 3.92. The second-order valence-electron chi connectivity index (χ2n) is 7.40. The average molecular weight is 392 g/mol. The Kier molecular flexibility index (Phi) is 6.01. The van der Waals surface area contributed by atoms with Crippen molar-refractivity contribution in [2.45, 2.75) is 50.0 Å².